The number of hydrogen-bond acceptors (Lipinski definition) is 4. The number of hydrogen-bond donors (Lipinski definition) is 3. The summed E-state index contributed by atoms with van der Waals surface area (Å²) in [4.78, 5) is 24.0. The second-order valence-corrected chi connectivity index (χ2v) is 6.33. The molecule has 1 aliphatic heterocycles. The van der Waals surface area contributed by atoms with Gasteiger partial charge in [0.2, 0.25) is 0 Å². The number of carbonyl (C=O) groups excluding carboxylic acids is 2. The molecule has 1 heterocycles. The standard InChI is InChI=1S/C16H23N3O3/c1-16(2,3)19-14(20)11-4-6-12(7-5-11)18-15(21)13-10-17-8-9-22-13/h4-7,13,17H,8-10H2,1-3H3,(H,18,21)(H,19,20). The van der Waals surface area contributed by atoms with Crippen molar-refractivity contribution in [2.45, 2.75) is 32.4 Å². The van der Waals surface area contributed by atoms with Crippen LogP contribution in [0.25, 0.3) is 0 Å². The summed E-state index contributed by atoms with van der Waals surface area (Å²) in [5.74, 6) is -0.315. The lowest BCUT2D eigenvalue weighted by Gasteiger charge is -2.23. The lowest BCUT2D eigenvalue weighted by Crippen LogP contribution is -2.45. The molecule has 1 atom stereocenters. The number of ether oxygens (including phenoxy) is 1. The maximum atomic E-state index is 12.0. The topological polar surface area (TPSA) is 79.5 Å². The smallest absolute Gasteiger partial charge is 0.254 e. The molecule has 1 aromatic carbocycles. The van der Waals surface area contributed by atoms with Gasteiger partial charge in [0.15, 0.2) is 0 Å². The fourth-order valence-corrected chi connectivity index (χ4v) is 2.07. The molecule has 1 aliphatic rings. The third-order valence-electron chi connectivity index (χ3n) is 3.12. The van der Waals surface area contributed by atoms with E-state index in [9.17, 15) is 9.59 Å². The van der Waals surface area contributed by atoms with Gasteiger partial charge in [0.05, 0.1) is 6.61 Å². The molecule has 0 aliphatic carbocycles. The van der Waals surface area contributed by atoms with Gasteiger partial charge in [0.25, 0.3) is 11.8 Å². The number of amides is 2. The van der Waals surface area contributed by atoms with Crippen LogP contribution in [0.15, 0.2) is 24.3 Å². The number of rotatable bonds is 3. The Morgan fingerprint density at radius 3 is 2.45 bits per heavy atom. The molecule has 1 unspecified atom stereocenters. The molecule has 0 aromatic heterocycles. The summed E-state index contributed by atoms with van der Waals surface area (Å²) in [5, 5.41) is 8.79. The van der Waals surface area contributed by atoms with Crippen LogP contribution in [0.2, 0.25) is 0 Å². The van der Waals surface area contributed by atoms with Crippen LogP contribution >= 0.6 is 0 Å². The summed E-state index contributed by atoms with van der Waals surface area (Å²) in [6.07, 6.45) is -0.474. The Labute approximate surface area is 130 Å². The summed E-state index contributed by atoms with van der Waals surface area (Å²) in [6, 6.07) is 6.81. The van der Waals surface area contributed by atoms with Crippen molar-refractivity contribution in [3.63, 3.8) is 0 Å². The van der Waals surface area contributed by atoms with Crippen LogP contribution in [-0.2, 0) is 9.53 Å². The Morgan fingerprint density at radius 1 is 1.23 bits per heavy atom. The van der Waals surface area contributed by atoms with Gasteiger partial charge in [-0.3, -0.25) is 9.59 Å². The zero-order valence-corrected chi connectivity index (χ0v) is 13.2. The maximum absolute atomic E-state index is 12.0. The number of benzene rings is 1. The van der Waals surface area contributed by atoms with E-state index in [1.54, 1.807) is 24.3 Å². The third kappa shape index (κ3) is 4.82. The highest BCUT2D eigenvalue weighted by molar-refractivity contribution is 5.97. The molecule has 22 heavy (non-hydrogen) atoms. The molecule has 0 radical (unpaired) electrons. The Kier molecular flexibility index (Phi) is 5.15. The van der Waals surface area contributed by atoms with E-state index < -0.39 is 6.10 Å². The van der Waals surface area contributed by atoms with Gasteiger partial charge in [-0.15, -0.1) is 0 Å². The zero-order chi connectivity index (χ0) is 16.2. The zero-order valence-electron chi connectivity index (χ0n) is 13.2. The van der Waals surface area contributed by atoms with Crippen molar-refractivity contribution in [2.24, 2.45) is 0 Å². The number of morpholine rings is 1. The van der Waals surface area contributed by atoms with Crippen molar-refractivity contribution < 1.29 is 14.3 Å². The highest BCUT2D eigenvalue weighted by Gasteiger charge is 2.21. The highest BCUT2D eigenvalue weighted by atomic mass is 16.5. The van der Waals surface area contributed by atoms with Crippen LogP contribution in [0.4, 0.5) is 5.69 Å². The van der Waals surface area contributed by atoms with E-state index in [0.717, 1.165) is 6.54 Å². The van der Waals surface area contributed by atoms with Crippen LogP contribution in [0.3, 0.4) is 0 Å². The number of carbonyl (C=O) groups is 2. The summed E-state index contributed by atoms with van der Waals surface area (Å²) in [6.45, 7) is 7.59. The molecule has 2 rings (SSSR count). The Balaban J connectivity index is 1.94. The maximum Gasteiger partial charge on any atom is 0.254 e. The van der Waals surface area contributed by atoms with E-state index in [1.165, 1.54) is 0 Å². The van der Waals surface area contributed by atoms with Gasteiger partial charge in [-0.05, 0) is 45.0 Å². The second-order valence-electron chi connectivity index (χ2n) is 6.33. The summed E-state index contributed by atoms with van der Waals surface area (Å²) < 4.78 is 5.39. The summed E-state index contributed by atoms with van der Waals surface area (Å²) in [5.41, 5.74) is 0.921. The first kappa shape index (κ1) is 16.5. The van der Waals surface area contributed by atoms with Crippen LogP contribution in [-0.4, -0.2) is 43.2 Å². The van der Waals surface area contributed by atoms with E-state index in [2.05, 4.69) is 16.0 Å². The predicted octanol–water partition coefficient (Wildman–Crippen LogP) is 1.14. The highest BCUT2D eigenvalue weighted by Crippen LogP contribution is 2.12. The van der Waals surface area contributed by atoms with Crippen LogP contribution < -0.4 is 16.0 Å². The van der Waals surface area contributed by atoms with Gasteiger partial charge >= 0.3 is 0 Å². The van der Waals surface area contributed by atoms with Gasteiger partial charge in [0.1, 0.15) is 6.10 Å². The normalized spacial score (nSPS) is 18.6. The third-order valence-corrected chi connectivity index (χ3v) is 3.12. The van der Waals surface area contributed by atoms with E-state index in [4.69, 9.17) is 4.74 Å². The molecule has 1 aromatic rings. The van der Waals surface area contributed by atoms with Crippen molar-refractivity contribution >= 4 is 17.5 Å². The van der Waals surface area contributed by atoms with Gasteiger partial charge in [-0.1, -0.05) is 0 Å². The van der Waals surface area contributed by atoms with E-state index in [1.807, 2.05) is 20.8 Å². The minimum absolute atomic E-state index is 0.134. The Hall–Kier alpha value is -1.92. The fraction of sp³-hybridized carbons (Fsp3) is 0.500. The lowest BCUT2D eigenvalue weighted by atomic mass is 10.1. The lowest BCUT2D eigenvalue weighted by molar-refractivity contribution is -0.128. The molecule has 6 nitrogen and oxygen atoms in total. The molecule has 0 saturated carbocycles. The average molecular weight is 305 g/mol. The van der Waals surface area contributed by atoms with E-state index in [0.29, 0.717) is 24.4 Å². The van der Waals surface area contributed by atoms with Crippen molar-refractivity contribution in [1.82, 2.24) is 10.6 Å². The Morgan fingerprint density at radius 2 is 1.91 bits per heavy atom. The largest absolute Gasteiger partial charge is 0.366 e. The number of nitrogens with one attached hydrogen (secondary N) is 3. The van der Waals surface area contributed by atoms with Crippen molar-refractivity contribution in [1.29, 1.82) is 0 Å². The van der Waals surface area contributed by atoms with Crippen molar-refractivity contribution in [3.8, 4) is 0 Å². The van der Waals surface area contributed by atoms with E-state index >= 15 is 0 Å². The minimum atomic E-state index is -0.474. The Bertz CT molecular complexity index is 529. The van der Waals surface area contributed by atoms with Gasteiger partial charge in [0, 0.05) is 29.9 Å². The summed E-state index contributed by atoms with van der Waals surface area (Å²) in [7, 11) is 0. The van der Waals surface area contributed by atoms with Gasteiger partial charge in [-0.2, -0.15) is 0 Å². The minimum Gasteiger partial charge on any atom is -0.366 e. The van der Waals surface area contributed by atoms with Crippen molar-refractivity contribution in [2.75, 3.05) is 25.0 Å². The molecule has 1 fully saturated rings. The van der Waals surface area contributed by atoms with Crippen LogP contribution in [0.5, 0.6) is 0 Å². The first-order valence-electron chi connectivity index (χ1n) is 7.41. The second kappa shape index (κ2) is 6.89. The molecule has 3 N–H and O–H groups in total. The predicted molar refractivity (Wildman–Crippen MR) is 84.9 cm³/mol. The number of anilines is 1. The molecule has 0 bridgehead atoms. The molecular weight excluding hydrogens is 282 g/mol. The van der Waals surface area contributed by atoms with Gasteiger partial charge < -0.3 is 20.7 Å². The molecule has 2 amide bonds. The van der Waals surface area contributed by atoms with Crippen LogP contribution in [0.1, 0.15) is 31.1 Å². The first-order valence-corrected chi connectivity index (χ1v) is 7.41. The first-order chi connectivity index (χ1) is 10.3. The van der Waals surface area contributed by atoms with Crippen LogP contribution in [0, 0.1) is 0 Å². The quantitative estimate of drug-likeness (QED) is 0.782. The fourth-order valence-electron chi connectivity index (χ4n) is 2.07. The average Bonchev–Trinajstić information content (AvgIpc) is 2.47. The SMILES string of the molecule is CC(C)(C)NC(=O)c1ccc(NC(=O)C2CNCCO2)cc1. The molecule has 6 heteroatoms. The van der Waals surface area contributed by atoms with Crippen molar-refractivity contribution in [3.05, 3.63) is 29.8 Å². The molecule has 1 saturated heterocycles. The molecular formula is C16H23N3O3. The molecule has 0 spiro atoms. The molecule has 120 valence electrons. The summed E-state index contributed by atoms with van der Waals surface area (Å²) >= 11 is 0. The van der Waals surface area contributed by atoms with Gasteiger partial charge in [-0.25, -0.2) is 0 Å². The van der Waals surface area contributed by atoms with E-state index in [-0.39, 0.29) is 17.4 Å². The monoisotopic (exact) mass is 305 g/mol.